The van der Waals surface area contributed by atoms with Crippen molar-refractivity contribution in [2.75, 3.05) is 6.61 Å². The molecule has 1 N–H and O–H groups in total. The van der Waals surface area contributed by atoms with Gasteiger partial charge in [-0.1, -0.05) is 0 Å². The molecule has 0 radical (unpaired) electrons. The fourth-order valence-corrected chi connectivity index (χ4v) is 2.44. The second kappa shape index (κ2) is 4.92. The zero-order chi connectivity index (χ0) is 11.5. The Kier molecular flexibility index (Phi) is 4.08. The number of hydrogen-bond acceptors (Lipinski definition) is 4. The molecule has 0 saturated heterocycles. The lowest BCUT2D eigenvalue weighted by Crippen LogP contribution is -2.49. The first-order valence-electron chi connectivity index (χ1n) is 5.02. The van der Waals surface area contributed by atoms with Crippen LogP contribution >= 0.6 is 0 Å². The summed E-state index contributed by atoms with van der Waals surface area (Å²) in [5.41, 5.74) is 0. The number of hydrogen-bond donors (Lipinski definition) is 1. The van der Waals surface area contributed by atoms with Gasteiger partial charge in [0.05, 0.1) is 12.2 Å². The highest BCUT2D eigenvalue weighted by Crippen LogP contribution is 2.24. The molecule has 1 rings (SSSR count). The van der Waals surface area contributed by atoms with Gasteiger partial charge in [0, 0.05) is 12.6 Å². The number of rotatable bonds is 5. The summed E-state index contributed by atoms with van der Waals surface area (Å²) in [6.07, 6.45) is 1.57. The van der Waals surface area contributed by atoms with E-state index in [4.69, 9.17) is 10.00 Å². The molecule has 5 nitrogen and oxygen atoms in total. The van der Waals surface area contributed by atoms with E-state index in [-0.39, 0.29) is 12.1 Å². The fraction of sp³-hybridized carbons (Fsp3) is 0.889. The number of sulfonamides is 1. The molecule has 1 atom stereocenters. The molecule has 0 aromatic rings. The molecule has 1 aliphatic carbocycles. The second-order valence-corrected chi connectivity index (χ2v) is 5.71. The molecule has 0 bridgehead atoms. The summed E-state index contributed by atoms with van der Waals surface area (Å²) in [4.78, 5) is 0. The van der Waals surface area contributed by atoms with E-state index in [0.717, 1.165) is 0 Å². The van der Waals surface area contributed by atoms with E-state index in [1.165, 1.54) is 6.92 Å². The van der Waals surface area contributed by atoms with E-state index in [1.807, 2.05) is 6.92 Å². The van der Waals surface area contributed by atoms with E-state index in [1.54, 1.807) is 6.07 Å². The van der Waals surface area contributed by atoms with Gasteiger partial charge in [0.25, 0.3) is 0 Å². The summed E-state index contributed by atoms with van der Waals surface area (Å²) < 4.78 is 30.7. The van der Waals surface area contributed by atoms with E-state index < -0.39 is 15.3 Å². The quantitative estimate of drug-likeness (QED) is 0.743. The standard InChI is InChI=1S/C9H16N2O3S/c1-3-14-9-4-8(5-9)11-15(12,13)7(2)6-10/h7-9,11H,3-5H2,1-2H3. The Bertz CT molecular complexity index is 341. The molecule has 0 aromatic heterocycles. The van der Waals surface area contributed by atoms with Gasteiger partial charge >= 0.3 is 0 Å². The Morgan fingerprint density at radius 3 is 2.67 bits per heavy atom. The zero-order valence-corrected chi connectivity index (χ0v) is 9.75. The highest BCUT2D eigenvalue weighted by Gasteiger charge is 2.34. The largest absolute Gasteiger partial charge is 0.378 e. The van der Waals surface area contributed by atoms with Gasteiger partial charge in [0.2, 0.25) is 10.0 Å². The molecule has 1 saturated carbocycles. The summed E-state index contributed by atoms with van der Waals surface area (Å²) in [7, 11) is -3.48. The highest BCUT2D eigenvalue weighted by atomic mass is 32.2. The molecular weight excluding hydrogens is 216 g/mol. The maximum Gasteiger partial charge on any atom is 0.227 e. The first-order chi connectivity index (χ1) is 6.99. The molecule has 86 valence electrons. The van der Waals surface area contributed by atoms with E-state index in [2.05, 4.69) is 4.72 Å². The Morgan fingerprint density at radius 2 is 2.20 bits per heavy atom. The van der Waals surface area contributed by atoms with E-state index >= 15 is 0 Å². The Balaban J connectivity index is 2.37. The average molecular weight is 232 g/mol. The SMILES string of the molecule is CCOC1CC(NS(=O)(=O)C(C)C#N)C1. The zero-order valence-electron chi connectivity index (χ0n) is 8.93. The van der Waals surface area contributed by atoms with Crippen LogP contribution in [0.1, 0.15) is 26.7 Å². The first kappa shape index (κ1) is 12.4. The smallest absolute Gasteiger partial charge is 0.227 e. The fourth-order valence-electron chi connectivity index (χ4n) is 1.44. The van der Waals surface area contributed by atoms with Crippen molar-refractivity contribution in [1.29, 1.82) is 5.26 Å². The van der Waals surface area contributed by atoms with Gasteiger partial charge in [-0.2, -0.15) is 5.26 Å². The average Bonchev–Trinajstić information content (AvgIpc) is 2.13. The van der Waals surface area contributed by atoms with Crippen molar-refractivity contribution in [1.82, 2.24) is 4.72 Å². The van der Waals surface area contributed by atoms with Crippen molar-refractivity contribution in [3.05, 3.63) is 0 Å². The van der Waals surface area contributed by atoms with Gasteiger partial charge in [-0.05, 0) is 26.7 Å². The highest BCUT2D eigenvalue weighted by molar-refractivity contribution is 7.90. The molecule has 0 aliphatic heterocycles. The maximum absolute atomic E-state index is 11.5. The van der Waals surface area contributed by atoms with Crippen LogP contribution in [0.25, 0.3) is 0 Å². The maximum atomic E-state index is 11.5. The molecule has 1 fully saturated rings. The molecule has 0 aromatic carbocycles. The number of ether oxygens (including phenoxy) is 1. The molecule has 1 unspecified atom stereocenters. The molecule has 0 spiro atoms. The second-order valence-electron chi connectivity index (χ2n) is 3.68. The van der Waals surface area contributed by atoms with Crippen LogP contribution in [-0.2, 0) is 14.8 Å². The van der Waals surface area contributed by atoms with E-state index in [0.29, 0.717) is 19.4 Å². The van der Waals surface area contributed by atoms with Gasteiger partial charge in [0.1, 0.15) is 0 Å². The van der Waals surface area contributed by atoms with Crippen LogP contribution in [0.3, 0.4) is 0 Å². The van der Waals surface area contributed by atoms with Crippen molar-refractivity contribution >= 4 is 10.0 Å². The minimum Gasteiger partial charge on any atom is -0.378 e. The minimum atomic E-state index is -3.48. The lowest BCUT2D eigenvalue weighted by atomic mass is 9.90. The summed E-state index contributed by atoms with van der Waals surface area (Å²) >= 11 is 0. The van der Waals surface area contributed by atoms with Crippen molar-refractivity contribution < 1.29 is 13.2 Å². The van der Waals surface area contributed by atoms with Crippen molar-refractivity contribution in [2.45, 2.75) is 44.1 Å². The van der Waals surface area contributed by atoms with Crippen LogP contribution in [0.4, 0.5) is 0 Å². The van der Waals surface area contributed by atoms with Crippen LogP contribution < -0.4 is 4.72 Å². The first-order valence-corrected chi connectivity index (χ1v) is 6.56. The summed E-state index contributed by atoms with van der Waals surface area (Å²) in [6.45, 7) is 3.94. The van der Waals surface area contributed by atoms with Crippen LogP contribution in [0.2, 0.25) is 0 Å². The summed E-state index contributed by atoms with van der Waals surface area (Å²) in [6, 6.07) is 1.65. The number of nitriles is 1. The van der Waals surface area contributed by atoms with Gasteiger partial charge in [-0.3, -0.25) is 0 Å². The Hall–Kier alpha value is -0.640. The molecule has 6 heteroatoms. The van der Waals surface area contributed by atoms with E-state index in [9.17, 15) is 8.42 Å². The normalized spacial score (nSPS) is 27.8. The molecule has 15 heavy (non-hydrogen) atoms. The Morgan fingerprint density at radius 1 is 1.60 bits per heavy atom. The molecule has 1 aliphatic rings. The van der Waals surface area contributed by atoms with Gasteiger partial charge < -0.3 is 4.74 Å². The van der Waals surface area contributed by atoms with Crippen LogP contribution in [-0.4, -0.2) is 32.4 Å². The van der Waals surface area contributed by atoms with Gasteiger partial charge in [-0.15, -0.1) is 0 Å². The van der Waals surface area contributed by atoms with Gasteiger partial charge in [-0.25, -0.2) is 13.1 Å². The van der Waals surface area contributed by atoms with Crippen molar-refractivity contribution in [3.8, 4) is 6.07 Å². The summed E-state index contributed by atoms with van der Waals surface area (Å²) in [5, 5.41) is 7.52. The number of nitrogens with one attached hydrogen (secondary N) is 1. The number of nitrogens with zero attached hydrogens (tertiary/aromatic N) is 1. The van der Waals surface area contributed by atoms with Crippen molar-refractivity contribution in [2.24, 2.45) is 0 Å². The third-order valence-electron chi connectivity index (χ3n) is 2.48. The predicted molar refractivity (Wildman–Crippen MR) is 55.6 cm³/mol. The van der Waals surface area contributed by atoms with Crippen LogP contribution in [0.5, 0.6) is 0 Å². The Labute approximate surface area is 90.5 Å². The lowest BCUT2D eigenvalue weighted by molar-refractivity contribution is -0.00477. The minimum absolute atomic E-state index is 0.0673. The third-order valence-corrected chi connectivity index (χ3v) is 4.17. The van der Waals surface area contributed by atoms with Crippen molar-refractivity contribution in [3.63, 3.8) is 0 Å². The van der Waals surface area contributed by atoms with Crippen LogP contribution in [0.15, 0.2) is 0 Å². The lowest BCUT2D eigenvalue weighted by Gasteiger charge is -2.35. The molecule has 0 heterocycles. The molecular formula is C9H16N2O3S. The molecule has 0 amide bonds. The predicted octanol–water partition coefficient (Wildman–Crippen LogP) is 0.385. The van der Waals surface area contributed by atoms with Crippen LogP contribution in [0, 0.1) is 11.3 Å². The topological polar surface area (TPSA) is 79.2 Å². The van der Waals surface area contributed by atoms with Gasteiger partial charge in [0.15, 0.2) is 5.25 Å². The monoisotopic (exact) mass is 232 g/mol. The third kappa shape index (κ3) is 3.16. The summed E-state index contributed by atoms with van der Waals surface area (Å²) in [5.74, 6) is 0.